The maximum atomic E-state index is 16.8. The maximum absolute atomic E-state index is 16.8. The van der Waals surface area contributed by atoms with Crippen LogP contribution in [0.2, 0.25) is 0 Å². The van der Waals surface area contributed by atoms with Gasteiger partial charge >= 0.3 is 6.01 Å². The number of halogens is 4. The minimum absolute atomic E-state index is 0.0896. The summed E-state index contributed by atoms with van der Waals surface area (Å²) < 4.78 is 72.0. The number of anilines is 1. The van der Waals surface area contributed by atoms with E-state index in [1.165, 1.54) is 30.5 Å². The summed E-state index contributed by atoms with van der Waals surface area (Å²) in [6.07, 6.45) is 7.51. The molecule has 1 unspecified atom stereocenters. The maximum Gasteiger partial charge on any atom is 0.319 e. The van der Waals surface area contributed by atoms with Crippen LogP contribution in [-0.2, 0) is 4.74 Å². The van der Waals surface area contributed by atoms with E-state index in [0.717, 1.165) is 19.3 Å². The molecule has 8 nitrogen and oxygen atoms in total. The molecule has 246 valence electrons. The molecule has 3 saturated heterocycles. The van der Waals surface area contributed by atoms with Gasteiger partial charge in [0, 0.05) is 54.5 Å². The third kappa shape index (κ3) is 5.49. The number of terminal acetylenes is 1. The molecule has 12 heteroatoms. The zero-order chi connectivity index (χ0) is 33.1. The van der Waals surface area contributed by atoms with Gasteiger partial charge in [0.05, 0.1) is 29.8 Å². The molecular weight excluding hydrogens is 614 g/mol. The molecule has 5 heterocycles. The molecule has 1 spiro atoms. The zero-order valence-electron chi connectivity index (χ0n) is 26.2. The molecule has 2 aromatic carbocycles. The molecule has 4 aromatic rings. The Kier molecular flexibility index (Phi) is 7.88. The van der Waals surface area contributed by atoms with Crippen molar-refractivity contribution in [3.8, 4) is 35.4 Å². The van der Waals surface area contributed by atoms with Crippen molar-refractivity contribution in [3.05, 3.63) is 47.7 Å². The molecule has 0 bridgehead atoms. The quantitative estimate of drug-likeness (QED) is 0.196. The first-order valence-corrected chi connectivity index (χ1v) is 15.8. The molecule has 47 heavy (non-hydrogen) atoms. The van der Waals surface area contributed by atoms with Crippen LogP contribution in [0.5, 0.6) is 11.8 Å². The van der Waals surface area contributed by atoms with Crippen molar-refractivity contribution >= 4 is 27.5 Å². The van der Waals surface area contributed by atoms with Gasteiger partial charge in [0.1, 0.15) is 28.6 Å². The summed E-state index contributed by atoms with van der Waals surface area (Å²) in [7, 11) is 1.88. The summed E-state index contributed by atoms with van der Waals surface area (Å²) in [5.74, 6) is 0.133. The average molecular weight is 650 g/mol. The molecule has 0 radical (unpaired) electrons. The van der Waals surface area contributed by atoms with Gasteiger partial charge in [-0.2, -0.15) is 9.97 Å². The first-order valence-electron chi connectivity index (χ1n) is 15.8. The SMILES string of the molecule is C#Cc1c(F)ccc2cc(O)cc(-c3ncc4c(N5CCCC6(CCO6)C5)nc(OC[C@]5(C)CN(C)CC[C@@H]5C(F)F)nc4c3F)c12. The third-order valence-corrected chi connectivity index (χ3v) is 10.1. The number of benzene rings is 2. The Balaban J connectivity index is 1.37. The number of alkyl halides is 2. The number of rotatable bonds is 6. The number of aromatic hydroxyl groups is 1. The Morgan fingerprint density at radius 2 is 1.98 bits per heavy atom. The fourth-order valence-corrected chi connectivity index (χ4v) is 7.59. The molecule has 3 aliphatic rings. The number of piperidine rings is 2. The Bertz CT molecular complexity index is 1910. The van der Waals surface area contributed by atoms with Crippen LogP contribution < -0.4 is 9.64 Å². The highest BCUT2D eigenvalue weighted by Crippen LogP contribution is 2.43. The topological polar surface area (TPSA) is 83.8 Å². The van der Waals surface area contributed by atoms with Crippen molar-refractivity contribution in [1.82, 2.24) is 19.9 Å². The van der Waals surface area contributed by atoms with Crippen LogP contribution in [0.3, 0.4) is 0 Å². The summed E-state index contributed by atoms with van der Waals surface area (Å²) in [5, 5.41) is 11.5. The van der Waals surface area contributed by atoms with Gasteiger partial charge in [0.15, 0.2) is 5.82 Å². The second kappa shape index (κ2) is 11.8. The van der Waals surface area contributed by atoms with Crippen molar-refractivity contribution in [2.45, 2.75) is 44.6 Å². The van der Waals surface area contributed by atoms with Gasteiger partial charge in [-0.05, 0) is 56.4 Å². The van der Waals surface area contributed by atoms with E-state index in [0.29, 0.717) is 55.8 Å². The summed E-state index contributed by atoms with van der Waals surface area (Å²) in [5.41, 5.74) is -1.55. The third-order valence-electron chi connectivity index (χ3n) is 10.1. The van der Waals surface area contributed by atoms with Gasteiger partial charge in [-0.25, -0.2) is 17.6 Å². The summed E-state index contributed by atoms with van der Waals surface area (Å²) in [4.78, 5) is 17.6. The van der Waals surface area contributed by atoms with Crippen molar-refractivity contribution in [3.63, 3.8) is 0 Å². The molecule has 0 aliphatic carbocycles. The van der Waals surface area contributed by atoms with Gasteiger partial charge in [0.2, 0.25) is 6.43 Å². The lowest BCUT2D eigenvalue weighted by Crippen LogP contribution is -2.56. The molecule has 3 fully saturated rings. The van der Waals surface area contributed by atoms with E-state index in [1.54, 1.807) is 6.92 Å². The van der Waals surface area contributed by atoms with E-state index >= 15 is 4.39 Å². The van der Waals surface area contributed by atoms with Gasteiger partial charge in [-0.15, -0.1) is 6.42 Å². The van der Waals surface area contributed by atoms with Crippen molar-refractivity contribution in [2.24, 2.45) is 11.3 Å². The zero-order valence-corrected chi connectivity index (χ0v) is 26.2. The fourth-order valence-electron chi connectivity index (χ4n) is 7.59. The lowest BCUT2D eigenvalue weighted by molar-refractivity contribution is -0.151. The van der Waals surface area contributed by atoms with Crippen molar-refractivity contribution < 1.29 is 32.1 Å². The van der Waals surface area contributed by atoms with E-state index in [1.807, 2.05) is 16.8 Å². The second-order valence-corrected chi connectivity index (χ2v) is 13.4. The number of pyridine rings is 1. The summed E-state index contributed by atoms with van der Waals surface area (Å²) in [6, 6.07) is 5.18. The first-order chi connectivity index (χ1) is 22.5. The molecule has 0 amide bonds. The van der Waals surface area contributed by atoms with Gasteiger partial charge in [-0.3, -0.25) is 4.98 Å². The highest BCUT2D eigenvalue weighted by atomic mass is 19.3. The minimum atomic E-state index is -2.53. The fraction of sp³-hybridized carbons (Fsp3) is 0.457. The van der Waals surface area contributed by atoms with Gasteiger partial charge in [0.25, 0.3) is 0 Å². The lowest BCUT2D eigenvalue weighted by Gasteiger charge is -2.48. The molecule has 3 atom stereocenters. The first kappa shape index (κ1) is 31.4. The minimum Gasteiger partial charge on any atom is -0.508 e. The lowest BCUT2D eigenvalue weighted by atomic mass is 9.73. The predicted octanol–water partition coefficient (Wildman–Crippen LogP) is 6.17. The molecule has 7 rings (SSSR count). The van der Waals surface area contributed by atoms with E-state index < -0.39 is 29.4 Å². The number of hydrogen-bond donors (Lipinski definition) is 1. The van der Waals surface area contributed by atoms with E-state index in [4.69, 9.17) is 20.9 Å². The van der Waals surface area contributed by atoms with Crippen LogP contribution in [0.1, 0.15) is 38.2 Å². The summed E-state index contributed by atoms with van der Waals surface area (Å²) in [6.45, 7) is 4.42. The molecule has 3 aliphatic heterocycles. The monoisotopic (exact) mass is 649 g/mol. The number of hydrogen-bond acceptors (Lipinski definition) is 8. The van der Waals surface area contributed by atoms with Crippen LogP contribution in [0.25, 0.3) is 32.9 Å². The number of aromatic nitrogens is 3. The number of phenols is 1. The van der Waals surface area contributed by atoms with Crippen LogP contribution in [-0.4, -0.2) is 83.4 Å². The average Bonchev–Trinajstić information content (AvgIpc) is 3.03. The Hall–Kier alpha value is -4.21. The van der Waals surface area contributed by atoms with Crippen molar-refractivity contribution in [1.29, 1.82) is 0 Å². The predicted molar refractivity (Wildman–Crippen MR) is 170 cm³/mol. The van der Waals surface area contributed by atoms with Crippen LogP contribution in [0.4, 0.5) is 23.4 Å². The summed E-state index contributed by atoms with van der Waals surface area (Å²) >= 11 is 0. The van der Waals surface area contributed by atoms with Gasteiger partial charge in [-0.1, -0.05) is 18.9 Å². The number of nitrogens with zero attached hydrogens (tertiary/aromatic N) is 5. The largest absolute Gasteiger partial charge is 0.508 e. The Labute approximate surface area is 269 Å². The molecular formula is C35H35F4N5O3. The highest BCUT2D eigenvalue weighted by molar-refractivity contribution is 6.03. The second-order valence-electron chi connectivity index (χ2n) is 13.4. The Morgan fingerprint density at radius 1 is 1.17 bits per heavy atom. The number of likely N-dealkylation sites (tertiary alicyclic amines) is 1. The van der Waals surface area contributed by atoms with Crippen LogP contribution in [0, 0.1) is 35.3 Å². The molecule has 2 aromatic heterocycles. The number of ether oxygens (including phenoxy) is 2. The van der Waals surface area contributed by atoms with E-state index in [-0.39, 0.29) is 51.7 Å². The number of phenolic OH excluding ortho intramolecular Hbond substituents is 1. The van der Waals surface area contributed by atoms with E-state index in [9.17, 15) is 18.3 Å². The molecule has 0 saturated carbocycles. The normalized spacial score (nSPS) is 25.0. The van der Waals surface area contributed by atoms with Crippen LogP contribution >= 0.6 is 0 Å². The van der Waals surface area contributed by atoms with Gasteiger partial charge < -0.3 is 24.4 Å². The molecule has 1 N–H and O–H groups in total. The standard InChI is InChI=1S/C35H35F4N5O3/c1-4-22-26(36)7-6-20-14-21(45)15-23(27(20)22)29-28(37)30-24(16-40-29)32(44-11-5-9-35(18-44)10-13-47-35)42-33(41-30)46-19-34(2)17-43(3)12-8-25(34)31(38)39/h1,6-7,14-16,25,31,45H,5,8-13,17-19H2,2-3H3/t25-,34+,35?/m1/s1. The Morgan fingerprint density at radius 3 is 2.70 bits per heavy atom. The smallest absolute Gasteiger partial charge is 0.319 e. The van der Waals surface area contributed by atoms with Crippen molar-refractivity contribution in [2.75, 3.05) is 51.3 Å². The highest BCUT2D eigenvalue weighted by Gasteiger charge is 2.45. The number of fused-ring (bicyclic) bond motifs is 2. The van der Waals surface area contributed by atoms with Crippen LogP contribution in [0.15, 0.2) is 30.5 Å². The van der Waals surface area contributed by atoms with E-state index in [2.05, 4.69) is 15.9 Å².